The van der Waals surface area contributed by atoms with E-state index in [0.717, 1.165) is 6.92 Å². The summed E-state index contributed by atoms with van der Waals surface area (Å²) in [6, 6.07) is 0. The Kier molecular flexibility index (Phi) is 2.86. The number of nitrogens with zero attached hydrogens (tertiary/aromatic N) is 1. The second-order valence-electron chi connectivity index (χ2n) is 3.75. The van der Waals surface area contributed by atoms with Crippen LogP contribution in [-0.4, -0.2) is 46.8 Å². The van der Waals surface area contributed by atoms with Crippen LogP contribution in [0.5, 0.6) is 0 Å². The first-order chi connectivity index (χ1) is 7.09. The summed E-state index contributed by atoms with van der Waals surface area (Å²) in [5.74, 6) is -5.23. The van der Waals surface area contributed by atoms with Gasteiger partial charge >= 0.3 is 18.1 Å². The SMILES string of the molecule is C[C@H]1CN(C(=O)C(F)(F)F)C[C@]1(F)C(=O)O. The van der Waals surface area contributed by atoms with Crippen molar-refractivity contribution >= 4 is 11.9 Å². The van der Waals surface area contributed by atoms with Gasteiger partial charge in [0.15, 0.2) is 0 Å². The summed E-state index contributed by atoms with van der Waals surface area (Å²) in [5, 5.41) is 8.55. The molecule has 0 aromatic rings. The molecule has 0 radical (unpaired) electrons. The van der Waals surface area contributed by atoms with Crippen LogP contribution in [0.3, 0.4) is 0 Å². The zero-order valence-corrected chi connectivity index (χ0v) is 8.21. The number of carbonyl (C=O) groups excluding carboxylic acids is 1. The number of likely N-dealkylation sites (tertiary alicyclic amines) is 1. The van der Waals surface area contributed by atoms with Gasteiger partial charge in [0.1, 0.15) is 0 Å². The largest absolute Gasteiger partial charge is 0.479 e. The Morgan fingerprint density at radius 2 is 1.94 bits per heavy atom. The Balaban J connectivity index is 2.86. The molecule has 0 saturated carbocycles. The van der Waals surface area contributed by atoms with Crippen LogP contribution in [0.25, 0.3) is 0 Å². The number of aliphatic carboxylic acids is 1. The second kappa shape index (κ2) is 3.60. The Morgan fingerprint density at radius 1 is 1.44 bits per heavy atom. The van der Waals surface area contributed by atoms with Crippen molar-refractivity contribution in [1.82, 2.24) is 4.90 Å². The molecule has 0 aliphatic carbocycles. The van der Waals surface area contributed by atoms with Gasteiger partial charge in [-0.3, -0.25) is 4.79 Å². The molecule has 1 saturated heterocycles. The van der Waals surface area contributed by atoms with Gasteiger partial charge in [0.2, 0.25) is 5.67 Å². The third-order valence-corrected chi connectivity index (χ3v) is 2.58. The number of carboxylic acids is 1. The van der Waals surface area contributed by atoms with Crippen LogP contribution in [0.4, 0.5) is 17.6 Å². The average Bonchev–Trinajstić information content (AvgIpc) is 2.41. The quantitative estimate of drug-likeness (QED) is 0.693. The third-order valence-electron chi connectivity index (χ3n) is 2.58. The number of hydrogen-bond donors (Lipinski definition) is 1. The van der Waals surface area contributed by atoms with E-state index in [0.29, 0.717) is 0 Å². The fourth-order valence-corrected chi connectivity index (χ4v) is 1.59. The fraction of sp³-hybridized carbons (Fsp3) is 0.750. The van der Waals surface area contributed by atoms with Gasteiger partial charge in [0, 0.05) is 12.5 Å². The maximum absolute atomic E-state index is 13.7. The van der Waals surface area contributed by atoms with Crippen LogP contribution in [0.15, 0.2) is 0 Å². The number of hydrogen-bond acceptors (Lipinski definition) is 2. The standard InChI is InChI=1S/C8H9F4NO3/c1-4-2-13(5(14)8(10,11)12)3-7(4,9)6(15)16/h4H,2-3H2,1H3,(H,15,16)/t4-,7+/m0/s1. The highest BCUT2D eigenvalue weighted by atomic mass is 19.4. The van der Waals surface area contributed by atoms with Gasteiger partial charge in [-0.2, -0.15) is 13.2 Å². The van der Waals surface area contributed by atoms with E-state index >= 15 is 0 Å². The first kappa shape index (κ1) is 12.7. The van der Waals surface area contributed by atoms with Crippen molar-refractivity contribution < 1.29 is 32.3 Å². The Bertz CT molecular complexity index is 330. The molecular weight excluding hydrogens is 234 g/mol. The molecule has 4 nitrogen and oxygen atoms in total. The summed E-state index contributed by atoms with van der Waals surface area (Å²) in [6.45, 7) is -0.471. The molecule has 1 heterocycles. The minimum atomic E-state index is -5.11. The molecule has 1 aliphatic heterocycles. The highest BCUT2D eigenvalue weighted by Crippen LogP contribution is 2.33. The molecule has 1 fully saturated rings. The van der Waals surface area contributed by atoms with E-state index in [1.165, 1.54) is 0 Å². The molecule has 8 heteroatoms. The molecule has 1 amide bonds. The lowest BCUT2D eigenvalue weighted by Gasteiger charge is -2.19. The maximum Gasteiger partial charge on any atom is 0.471 e. The van der Waals surface area contributed by atoms with Gasteiger partial charge in [0.05, 0.1) is 6.54 Å². The molecule has 0 aromatic heterocycles. The fourth-order valence-electron chi connectivity index (χ4n) is 1.59. The average molecular weight is 243 g/mol. The van der Waals surface area contributed by atoms with Crippen LogP contribution in [0, 0.1) is 5.92 Å². The van der Waals surface area contributed by atoms with E-state index in [9.17, 15) is 27.2 Å². The smallest absolute Gasteiger partial charge is 0.471 e. The van der Waals surface area contributed by atoms with Crippen molar-refractivity contribution in [2.75, 3.05) is 13.1 Å². The predicted molar refractivity (Wildman–Crippen MR) is 43.3 cm³/mol. The van der Waals surface area contributed by atoms with Crippen molar-refractivity contribution in [2.24, 2.45) is 5.92 Å². The Labute approximate surface area is 87.8 Å². The van der Waals surface area contributed by atoms with Crippen LogP contribution in [-0.2, 0) is 9.59 Å². The summed E-state index contributed by atoms with van der Waals surface area (Å²) < 4.78 is 49.7. The number of amides is 1. The Morgan fingerprint density at radius 3 is 2.25 bits per heavy atom. The van der Waals surface area contributed by atoms with E-state index in [1.54, 1.807) is 0 Å². The summed E-state index contributed by atoms with van der Waals surface area (Å²) >= 11 is 0. The molecule has 0 unspecified atom stereocenters. The van der Waals surface area contributed by atoms with Crippen molar-refractivity contribution in [3.05, 3.63) is 0 Å². The van der Waals surface area contributed by atoms with E-state index < -0.39 is 42.7 Å². The zero-order valence-electron chi connectivity index (χ0n) is 8.21. The highest BCUT2D eigenvalue weighted by molar-refractivity contribution is 5.85. The zero-order chi connectivity index (χ0) is 12.7. The van der Waals surface area contributed by atoms with E-state index in [-0.39, 0.29) is 4.90 Å². The third kappa shape index (κ3) is 1.96. The first-order valence-corrected chi connectivity index (χ1v) is 4.37. The molecular formula is C8H9F4NO3. The van der Waals surface area contributed by atoms with Gasteiger partial charge < -0.3 is 10.0 Å². The minimum absolute atomic E-state index is 0.179. The van der Waals surface area contributed by atoms with Crippen LogP contribution < -0.4 is 0 Å². The van der Waals surface area contributed by atoms with Gasteiger partial charge in [-0.15, -0.1) is 0 Å². The van der Waals surface area contributed by atoms with Gasteiger partial charge in [0.25, 0.3) is 0 Å². The van der Waals surface area contributed by atoms with Crippen molar-refractivity contribution in [1.29, 1.82) is 0 Å². The lowest BCUT2D eigenvalue weighted by Crippen LogP contribution is -2.44. The summed E-state index contributed by atoms with van der Waals surface area (Å²) in [4.78, 5) is 21.5. The van der Waals surface area contributed by atoms with Crippen LogP contribution in [0.2, 0.25) is 0 Å². The van der Waals surface area contributed by atoms with Crippen LogP contribution >= 0.6 is 0 Å². The Hall–Kier alpha value is -1.34. The number of halogens is 4. The lowest BCUT2D eigenvalue weighted by atomic mass is 9.95. The molecule has 1 N–H and O–H groups in total. The highest BCUT2D eigenvalue weighted by Gasteiger charge is 2.56. The molecule has 92 valence electrons. The monoisotopic (exact) mass is 243 g/mol. The maximum atomic E-state index is 13.7. The topological polar surface area (TPSA) is 57.6 Å². The minimum Gasteiger partial charge on any atom is -0.479 e. The molecule has 0 bridgehead atoms. The van der Waals surface area contributed by atoms with Gasteiger partial charge in [-0.05, 0) is 0 Å². The molecule has 0 aromatic carbocycles. The van der Waals surface area contributed by atoms with Crippen LogP contribution in [0.1, 0.15) is 6.92 Å². The van der Waals surface area contributed by atoms with Gasteiger partial charge in [-0.1, -0.05) is 6.92 Å². The molecule has 1 rings (SSSR count). The molecule has 1 aliphatic rings. The summed E-state index contributed by atoms with van der Waals surface area (Å²) in [6.07, 6.45) is -5.11. The van der Waals surface area contributed by atoms with Gasteiger partial charge in [-0.25, -0.2) is 9.18 Å². The van der Waals surface area contributed by atoms with Crippen molar-refractivity contribution in [3.8, 4) is 0 Å². The van der Waals surface area contributed by atoms with E-state index in [2.05, 4.69) is 0 Å². The van der Waals surface area contributed by atoms with Crippen molar-refractivity contribution in [2.45, 2.75) is 18.8 Å². The lowest BCUT2D eigenvalue weighted by molar-refractivity contribution is -0.185. The number of rotatable bonds is 1. The molecule has 0 spiro atoms. The number of carbonyl (C=O) groups is 2. The van der Waals surface area contributed by atoms with Crippen molar-refractivity contribution in [3.63, 3.8) is 0 Å². The predicted octanol–water partition coefficient (Wildman–Crippen LogP) is 0.820. The summed E-state index contributed by atoms with van der Waals surface area (Å²) in [5.41, 5.74) is -2.80. The number of alkyl halides is 4. The molecule has 2 atom stereocenters. The first-order valence-electron chi connectivity index (χ1n) is 4.37. The van der Waals surface area contributed by atoms with E-state index in [4.69, 9.17) is 5.11 Å². The summed E-state index contributed by atoms with van der Waals surface area (Å²) in [7, 11) is 0. The van der Waals surface area contributed by atoms with E-state index in [1.807, 2.05) is 0 Å². The number of carboxylic acid groups (broad SMARTS) is 1. The normalized spacial score (nSPS) is 30.6. The molecule has 16 heavy (non-hydrogen) atoms. The second-order valence-corrected chi connectivity index (χ2v) is 3.75.